The van der Waals surface area contributed by atoms with E-state index in [4.69, 9.17) is 9.15 Å². The second-order valence-corrected chi connectivity index (χ2v) is 10.7. The predicted molar refractivity (Wildman–Crippen MR) is 171 cm³/mol. The van der Waals surface area contributed by atoms with Gasteiger partial charge in [0.15, 0.2) is 5.76 Å². The Kier molecular flexibility index (Phi) is 13.0. The molecule has 0 radical (unpaired) electrons. The van der Waals surface area contributed by atoms with Crippen molar-refractivity contribution in [1.82, 2.24) is 21.3 Å². The van der Waals surface area contributed by atoms with Crippen molar-refractivity contribution < 1.29 is 28.3 Å². The van der Waals surface area contributed by atoms with Crippen molar-refractivity contribution in [2.45, 2.75) is 57.7 Å². The molecule has 1 atom stereocenters. The minimum Gasteiger partial charge on any atom is -0.451 e. The number of fused-ring (bicyclic) bond motifs is 1. The molecule has 10 nitrogen and oxygen atoms in total. The van der Waals surface area contributed by atoms with Gasteiger partial charge in [-0.15, -0.1) is 0 Å². The van der Waals surface area contributed by atoms with Crippen molar-refractivity contribution in [2.24, 2.45) is 0 Å². The Labute approximate surface area is 262 Å². The molecule has 0 fully saturated rings. The number of rotatable bonds is 17. The molecule has 45 heavy (non-hydrogen) atoms. The number of alkyl carbamates (subject to hydrolysis) is 1. The summed E-state index contributed by atoms with van der Waals surface area (Å²) in [7, 11) is 0. The fraction of sp³-hybridized carbons (Fsp3) is 0.314. The fourth-order valence-corrected chi connectivity index (χ4v) is 4.67. The number of para-hydroxylation sites is 1. The van der Waals surface area contributed by atoms with Gasteiger partial charge >= 0.3 is 6.09 Å². The summed E-state index contributed by atoms with van der Waals surface area (Å²) >= 11 is 0. The Morgan fingerprint density at radius 3 is 2.16 bits per heavy atom. The quantitative estimate of drug-likeness (QED) is 0.121. The molecule has 10 heteroatoms. The van der Waals surface area contributed by atoms with Gasteiger partial charge in [0.2, 0.25) is 11.8 Å². The van der Waals surface area contributed by atoms with Crippen LogP contribution in [0.2, 0.25) is 0 Å². The average molecular weight is 613 g/mol. The highest BCUT2D eigenvalue weighted by Gasteiger charge is 2.23. The molecular formula is C35H40N4O6. The standard InChI is InChI=1S/C35H40N4O6/c40-32(38-24-26-13-4-1-5-14-26)20-8-3-11-21-36-33(41)29(39-34(42)31-23-28-17-9-10-19-30(28)45-31)18-12-22-37-35(43)44-25-27-15-6-2-7-16-27/h1-2,4-7,9-10,13-17,19,23,29H,3,8,11-12,18,20-22,24-25H2,(H,36,41)(H,37,43)(H,38,40)(H,39,42). The van der Waals surface area contributed by atoms with Crippen LogP contribution in [0, 0.1) is 0 Å². The molecule has 4 rings (SSSR count). The number of hydrogen-bond acceptors (Lipinski definition) is 6. The van der Waals surface area contributed by atoms with E-state index in [1.54, 1.807) is 12.1 Å². The summed E-state index contributed by atoms with van der Waals surface area (Å²) < 4.78 is 10.9. The van der Waals surface area contributed by atoms with Crippen LogP contribution in [0.1, 0.15) is 60.2 Å². The van der Waals surface area contributed by atoms with Crippen LogP contribution in [0.15, 0.2) is 95.4 Å². The Bertz CT molecular complexity index is 1490. The number of carbonyl (C=O) groups excluding carboxylic acids is 4. The first-order valence-electron chi connectivity index (χ1n) is 15.3. The summed E-state index contributed by atoms with van der Waals surface area (Å²) in [5, 5.41) is 12.1. The smallest absolute Gasteiger partial charge is 0.407 e. The number of ether oxygens (including phenoxy) is 1. The van der Waals surface area contributed by atoms with Crippen LogP contribution in [0.25, 0.3) is 11.0 Å². The fourth-order valence-electron chi connectivity index (χ4n) is 4.67. The minimum atomic E-state index is -0.836. The molecule has 4 amide bonds. The molecule has 0 aliphatic carbocycles. The molecule has 0 saturated carbocycles. The van der Waals surface area contributed by atoms with E-state index in [0.29, 0.717) is 50.8 Å². The minimum absolute atomic E-state index is 0.00573. The summed E-state index contributed by atoms with van der Waals surface area (Å²) in [5.74, 6) is -0.717. The first kappa shape index (κ1) is 32.8. The molecule has 3 aromatic carbocycles. The maximum absolute atomic E-state index is 13.1. The molecule has 1 aromatic heterocycles. The van der Waals surface area contributed by atoms with Gasteiger partial charge < -0.3 is 30.4 Å². The van der Waals surface area contributed by atoms with Crippen molar-refractivity contribution in [1.29, 1.82) is 0 Å². The third-order valence-corrected chi connectivity index (χ3v) is 7.14. The molecule has 4 aromatic rings. The molecule has 1 heterocycles. The zero-order valence-electron chi connectivity index (χ0n) is 25.3. The molecule has 0 bridgehead atoms. The summed E-state index contributed by atoms with van der Waals surface area (Å²) in [6.45, 7) is 1.33. The highest BCUT2D eigenvalue weighted by molar-refractivity contribution is 5.98. The SMILES string of the molecule is O=C(CCCCCNC(=O)C(CCCNC(=O)OCc1ccccc1)NC(=O)c1cc2ccccc2o1)NCc1ccccc1. The van der Waals surface area contributed by atoms with Crippen molar-refractivity contribution in [3.63, 3.8) is 0 Å². The Morgan fingerprint density at radius 2 is 1.40 bits per heavy atom. The molecule has 4 N–H and O–H groups in total. The van der Waals surface area contributed by atoms with Crippen LogP contribution in [0.4, 0.5) is 4.79 Å². The van der Waals surface area contributed by atoms with Gasteiger partial charge in [-0.25, -0.2) is 4.79 Å². The maximum atomic E-state index is 13.1. The number of unbranched alkanes of at least 4 members (excludes halogenated alkanes) is 2. The third kappa shape index (κ3) is 11.5. The number of hydrogen-bond donors (Lipinski definition) is 4. The zero-order chi connectivity index (χ0) is 31.7. The van der Waals surface area contributed by atoms with Gasteiger partial charge in [-0.3, -0.25) is 14.4 Å². The lowest BCUT2D eigenvalue weighted by Gasteiger charge is -2.18. The number of carbonyl (C=O) groups is 4. The van der Waals surface area contributed by atoms with Gasteiger partial charge in [-0.2, -0.15) is 0 Å². The van der Waals surface area contributed by atoms with Crippen LogP contribution in [-0.4, -0.2) is 42.9 Å². The van der Waals surface area contributed by atoms with Crippen molar-refractivity contribution in [2.75, 3.05) is 13.1 Å². The van der Waals surface area contributed by atoms with E-state index in [0.717, 1.165) is 22.9 Å². The lowest BCUT2D eigenvalue weighted by molar-refractivity contribution is -0.123. The van der Waals surface area contributed by atoms with E-state index in [1.165, 1.54) is 0 Å². The molecule has 0 spiro atoms. The van der Waals surface area contributed by atoms with Crippen LogP contribution in [0.5, 0.6) is 0 Å². The van der Waals surface area contributed by atoms with E-state index < -0.39 is 18.0 Å². The number of benzene rings is 3. The van der Waals surface area contributed by atoms with Crippen molar-refractivity contribution in [3.05, 3.63) is 108 Å². The first-order valence-corrected chi connectivity index (χ1v) is 15.3. The van der Waals surface area contributed by atoms with E-state index in [-0.39, 0.29) is 30.7 Å². The Hall–Kier alpha value is -5.12. The third-order valence-electron chi connectivity index (χ3n) is 7.14. The molecule has 0 aliphatic rings. The number of nitrogens with one attached hydrogen (secondary N) is 4. The highest BCUT2D eigenvalue weighted by atomic mass is 16.5. The topological polar surface area (TPSA) is 139 Å². The lowest BCUT2D eigenvalue weighted by atomic mass is 10.1. The number of amides is 4. The summed E-state index contributed by atoms with van der Waals surface area (Å²) in [6, 6.07) is 27.2. The normalized spacial score (nSPS) is 11.4. The van der Waals surface area contributed by atoms with Crippen LogP contribution in [-0.2, 0) is 27.5 Å². The van der Waals surface area contributed by atoms with Gasteiger partial charge in [0.1, 0.15) is 18.2 Å². The van der Waals surface area contributed by atoms with E-state index in [1.807, 2.05) is 78.9 Å². The highest BCUT2D eigenvalue weighted by Crippen LogP contribution is 2.19. The summed E-state index contributed by atoms with van der Waals surface area (Å²) in [6.07, 6.45) is 2.74. The van der Waals surface area contributed by atoms with Gasteiger partial charge in [0.05, 0.1) is 0 Å². The van der Waals surface area contributed by atoms with Gasteiger partial charge in [-0.05, 0) is 48.9 Å². The monoisotopic (exact) mass is 612 g/mol. The van der Waals surface area contributed by atoms with Crippen molar-refractivity contribution in [3.8, 4) is 0 Å². The lowest BCUT2D eigenvalue weighted by Crippen LogP contribution is -2.47. The largest absolute Gasteiger partial charge is 0.451 e. The Balaban J connectivity index is 1.19. The van der Waals surface area contributed by atoms with Crippen molar-refractivity contribution >= 4 is 34.8 Å². The van der Waals surface area contributed by atoms with Crippen LogP contribution >= 0.6 is 0 Å². The first-order chi connectivity index (χ1) is 22.0. The second kappa shape index (κ2) is 17.9. The number of furan rings is 1. The average Bonchev–Trinajstić information content (AvgIpc) is 3.51. The van der Waals surface area contributed by atoms with E-state index in [9.17, 15) is 19.2 Å². The van der Waals surface area contributed by atoms with E-state index in [2.05, 4.69) is 21.3 Å². The van der Waals surface area contributed by atoms with Gasteiger partial charge in [0, 0.05) is 31.4 Å². The van der Waals surface area contributed by atoms with Gasteiger partial charge in [0.25, 0.3) is 5.91 Å². The van der Waals surface area contributed by atoms with Crippen LogP contribution < -0.4 is 21.3 Å². The zero-order valence-corrected chi connectivity index (χ0v) is 25.3. The Morgan fingerprint density at radius 1 is 0.711 bits per heavy atom. The summed E-state index contributed by atoms with van der Waals surface area (Å²) in [5.41, 5.74) is 2.51. The van der Waals surface area contributed by atoms with Crippen LogP contribution in [0.3, 0.4) is 0 Å². The van der Waals surface area contributed by atoms with E-state index >= 15 is 0 Å². The summed E-state index contributed by atoms with van der Waals surface area (Å²) in [4.78, 5) is 50.3. The molecule has 236 valence electrons. The van der Waals surface area contributed by atoms with Gasteiger partial charge in [-0.1, -0.05) is 85.3 Å². The maximum Gasteiger partial charge on any atom is 0.407 e. The predicted octanol–water partition coefficient (Wildman–Crippen LogP) is 5.23. The molecule has 0 saturated heterocycles. The second-order valence-electron chi connectivity index (χ2n) is 10.7. The molecule has 0 aliphatic heterocycles. The molecule has 1 unspecified atom stereocenters. The molecular weight excluding hydrogens is 572 g/mol.